The predicted molar refractivity (Wildman–Crippen MR) is 96.0 cm³/mol. The number of likely N-dealkylation sites (tertiary alicyclic amines) is 1. The van der Waals surface area contributed by atoms with Gasteiger partial charge in [0.25, 0.3) is 0 Å². The zero-order valence-electron chi connectivity index (χ0n) is 14.3. The van der Waals surface area contributed by atoms with Crippen LogP contribution < -0.4 is 5.32 Å². The SMILES string of the molecule is Cc1cccc(-c2cccc(CNC(=O)N3CCC(F)(CO)C3)c2)c1. The second-order valence-electron chi connectivity index (χ2n) is 6.71. The predicted octanol–water partition coefficient (Wildman–Crippen LogP) is 3.28. The van der Waals surface area contributed by atoms with Gasteiger partial charge in [-0.15, -0.1) is 0 Å². The molecular formula is C20H23FN2O2. The second kappa shape index (κ2) is 7.23. The Morgan fingerprint density at radius 3 is 2.64 bits per heavy atom. The van der Waals surface area contributed by atoms with Crippen LogP contribution in [0, 0.1) is 6.92 Å². The molecule has 25 heavy (non-hydrogen) atoms. The average molecular weight is 342 g/mol. The largest absolute Gasteiger partial charge is 0.393 e. The maximum Gasteiger partial charge on any atom is 0.317 e. The van der Waals surface area contributed by atoms with Crippen LogP contribution in [0.4, 0.5) is 9.18 Å². The molecule has 132 valence electrons. The van der Waals surface area contributed by atoms with Gasteiger partial charge >= 0.3 is 6.03 Å². The molecule has 1 unspecified atom stereocenters. The molecule has 3 rings (SSSR count). The molecule has 2 amide bonds. The van der Waals surface area contributed by atoms with Crippen molar-refractivity contribution in [3.63, 3.8) is 0 Å². The van der Waals surface area contributed by atoms with Crippen molar-refractivity contribution in [2.75, 3.05) is 19.7 Å². The van der Waals surface area contributed by atoms with E-state index in [1.165, 1.54) is 10.5 Å². The van der Waals surface area contributed by atoms with Gasteiger partial charge in [-0.2, -0.15) is 0 Å². The summed E-state index contributed by atoms with van der Waals surface area (Å²) in [7, 11) is 0. The number of hydrogen-bond donors (Lipinski definition) is 2. The van der Waals surface area contributed by atoms with E-state index in [0.29, 0.717) is 13.1 Å². The smallest absolute Gasteiger partial charge is 0.317 e. The molecule has 0 radical (unpaired) electrons. The van der Waals surface area contributed by atoms with Crippen molar-refractivity contribution in [2.45, 2.75) is 25.6 Å². The molecule has 0 saturated carbocycles. The summed E-state index contributed by atoms with van der Waals surface area (Å²) >= 11 is 0. The molecule has 1 aliphatic heterocycles. The summed E-state index contributed by atoms with van der Waals surface area (Å²) in [4.78, 5) is 13.6. The molecule has 1 saturated heterocycles. The molecule has 2 N–H and O–H groups in total. The number of alkyl halides is 1. The molecule has 1 fully saturated rings. The normalized spacial score (nSPS) is 19.9. The third-order valence-electron chi connectivity index (χ3n) is 4.60. The fourth-order valence-corrected chi connectivity index (χ4v) is 3.11. The maximum atomic E-state index is 14.0. The fraction of sp³-hybridized carbons (Fsp3) is 0.350. The summed E-state index contributed by atoms with van der Waals surface area (Å²) in [6.45, 7) is 2.16. The third-order valence-corrected chi connectivity index (χ3v) is 4.60. The van der Waals surface area contributed by atoms with Crippen molar-refractivity contribution in [3.8, 4) is 11.1 Å². The van der Waals surface area contributed by atoms with Gasteiger partial charge in [-0.25, -0.2) is 9.18 Å². The summed E-state index contributed by atoms with van der Waals surface area (Å²) in [5, 5.41) is 11.9. The Kier molecular flexibility index (Phi) is 5.04. The van der Waals surface area contributed by atoms with E-state index >= 15 is 0 Å². The highest BCUT2D eigenvalue weighted by Gasteiger charge is 2.39. The van der Waals surface area contributed by atoms with E-state index in [0.717, 1.165) is 16.7 Å². The summed E-state index contributed by atoms with van der Waals surface area (Å²) in [5.41, 5.74) is 2.75. The molecule has 1 heterocycles. The van der Waals surface area contributed by atoms with E-state index in [2.05, 4.69) is 30.4 Å². The van der Waals surface area contributed by atoms with Crippen LogP contribution in [0.5, 0.6) is 0 Å². The third kappa shape index (κ3) is 4.17. The molecule has 4 nitrogen and oxygen atoms in total. The van der Waals surface area contributed by atoms with Gasteiger partial charge in [0.05, 0.1) is 13.2 Å². The van der Waals surface area contributed by atoms with Crippen molar-refractivity contribution in [1.29, 1.82) is 0 Å². The number of carbonyl (C=O) groups is 1. The van der Waals surface area contributed by atoms with Crippen molar-refractivity contribution < 1.29 is 14.3 Å². The Morgan fingerprint density at radius 1 is 1.24 bits per heavy atom. The minimum atomic E-state index is -1.66. The van der Waals surface area contributed by atoms with Gasteiger partial charge in [-0.05, 0) is 29.7 Å². The molecule has 2 aromatic carbocycles. The topological polar surface area (TPSA) is 52.6 Å². The highest BCUT2D eigenvalue weighted by atomic mass is 19.1. The zero-order valence-corrected chi connectivity index (χ0v) is 14.3. The van der Waals surface area contributed by atoms with Gasteiger partial charge < -0.3 is 15.3 Å². The van der Waals surface area contributed by atoms with Crippen LogP contribution in [-0.4, -0.2) is 41.4 Å². The highest BCUT2D eigenvalue weighted by molar-refractivity contribution is 5.74. The summed E-state index contributed by atoms with van der Waals surface area (Å²) in [6.07, 6.45) is 0.180. The van der Waals surface area contributed by atoms with E-state index in [-0.39, 0.29) is 19.0 Å². The summed E-state index contributed by atoms with van der Waals surface area (Å²) in [5.74, 6) is 0. The number of nitrogens with zero attached hydrogens (tertiary/aromatic N) is 1. The molecular weight excluding hydrogens is 319 g/mol. The molecule has 0 bridgehead atoms. The van der Waals surface area contributed by atoms with Crippen LogP contribution >= 0.6 is 0 Å². The first-order valence-corrected chi connectivity index (χ1v) is 8.48. The number of urea groups is 1. The number of benzene rings is 2. The van der Waals surface area contributed by atoms with Gasteiger partial charge in [-0.1, -0.05) is 48.0 Å². The number of halogens is 1. The fourth-order valence-electron chi connectivity index (χ4n) is 3.11. The van der Waals surface area contributed by atoms with Gasteiger partial charge in [0, 0.05) is 19.5 Å². The molecule has 0 spiro atoms. The van der Waals surface area contributed by atoms with Crippen molar-refractivity contribution in [2.24, 2.45) is 0 Å². The monoisotopic (exact) mass is 342 g/mol. The Labute approximate surface area is 147 Å². The average Bonchev–Trinajstić information content (AvgIpc) is 3.03. The first-order chi connectivity index (χ1) is 12.0. The van der Waals surface area contributed by atoms with Crippen LogP contribution in [0.15, 0.2) is 48.5 Å². The number of amides is 2. The van der Waals surface area contributed by atoms with E-state index < -0.39 is 12.3 Å². The standard InChI is InChI=1S/C20H23FN2O2/c1-15-4-2-6-17(10-15)18-7-3-5-16(11-18)12-22-19(25)23-9-8-20(21,13-23)14-24/h2-7,10-11,24H,8-9,12-14H2,1H3,(H,22,25). The number of aliphatic hydroxyl groups is 1. The van der Waals surface area contributed by atoms with Gasteiger partial charge in [0.15, 0.2) is 5.67 Å². The highest BCUT2D eigenvalue weighted by Crippen LogP contribution is 2.25. The van der Waals surface area contributed by atoms with Gasteiger partial charge in [-0.3, -0.25) is 0 Å². The number of aryl methyl sites for hydroxylation is 1. The number of hydrogen-bond acceptors (Lipinski definition) is 2. The van der Waals surface area contributed by atoms with Crippen molar-refractivity contribution >= 4 is 6.03 Å². The lowest BCUT2D eigenvalue weighted by Crippen LogP contribution is -2.41. The zero-order chi connectivity index (χ0) is 17.9. The minimum absolute atomic E-state index is 0.0569. The number of nitrogens with one attached hydrogen (secondary N) is 1. The van der Waals surface area contributed by atoms with Crippen LogP contribution in [0.25, 0.3) is 11.1 Å². The van der Waals surface area contributed by atoms with E-state index in [4.69, 9.17) is 5.11 Å². The number of carbonyl (C=O) groups excluding carboxylic acids is 1. The first kappa shape index (κ1) is 17.4. The van der Waals surface area contributed by atoms with Crippen LogP contribution in [0.3, 0.4) is 0 Å². The van der Waals surface area contributed by atoms with Gasteiger partial charge in [0.2, 0.25) is 0 Å². The van der Waals surface area contributed by atoms with E-state index in [1.807, 2.05) is 30.3 Å². The van der Waals surface area contributed by atoms with Crippen molar-refractivity contribution in [1.82, 2.24) is 10.2 Å². The van der Waals surface area contributed by atoms with Crippen LogP contribution in [0.2, 0.25) is 0 Å². The molecule has 0 aliphatic carbocycles. The molecule has 1 aliphatic rings. The van der Waals surface area contributed by atoms with Gasteiger partial charge in [0.1, 0.15) is 0 Å². The second-order valence-corrected chi connectivity index (χ2v) is 6.71. The number of aliphatic hydroxyl groups excluding tert-OH is 1. The lowest BCUT2D eigenvalue weighted by atomic mass is 10.0. The lowest BCUT2D eigenvalue weighted by Gasteiger charge is -2.19. The van der Waals surface area contributed by atoms with Crippen LogP contribution in [0.1, 0.15) is 17.5 Å². The van der Waals surface area contributed by atoms with Crippen molar-refractivity contribution in [3.05, 3.63) is 59.7 Å². The Morgan fingerprint density at radius 2 is 1.96 bits per heavy atom. The lowest BCUT2D eigenvalue weighted by molar-refractivity contribution is 0.0805. The first-order valence-electron chi connectivity index (χ1n) is 8.48. The summed E-state index contributed by atoms with van der Waals surface area (Å²) in [6, 6.07) is 16.0. The minimum Gasteiger partial charge on any atom is -0.393 e. The molecule has 5 heteroatoms. The van der Waals surface area contributed by atoms with E-state index in [9.17, 15) is 9.18 Å². The Balaban J connectivity index is 1.62. The quantitative estimate of drug-likeness (QED) is 0.896. The van der Waals surface area contributed by atoms with E-state index in [1.54, 1.807) is 0 Å². The molecule has 0 aromatic heterocycles. The number of rotatable bonds is 4. The molecule has 2 aromatic rings. The Bertz CT molecular complexity index is 765. The summed E-state index contributed by atoms with van der Waals surface area (Å²) < 4.78 is 14.0. The Hall–Kier alpha value is -2.40. The maximum absolute atomic E-state index is 14.0. The van der Waals surface area contributed by atoms with Crippen LogP contribution in [-0.2, 0) is 6.54 Å². The molecule has 1 atom stereocenters.